The summed E-state index contributed by atoms with van der Waals surface area (Å²) in [6, 6.07) is 3.71. The smallest absolute Gasteiger partial charge is 0.271 e. The van der Waals surface area contributed by atoms with Crippen LogP contribution in [0.2, 0.25) is 0 Å². The fraction of sp³-hybridized carbons (Fsp3) is 0.200. The van der Waals surface area contributed by atoms with Crippen molar-refractivity contribution in [3.05, 3.63) is 32.6 Å². The van der Waals surface area contributed by atoms with Gasteiger partial charge in [-0.05, 0) is 53.3 Å². The van der Waals surface area contributed by atoms with Crippen molar-refractivity contribution in [2.45, 2.75) is 12.8 Å². The summed E-state index contributed by atoms with van der Waals surface area (Å²) in [5, 5.41) is 9.58. The molecule has 5 heteroatoms. The maximum atomic E-state index is 9.58. The molecule has 0 aromatic heterocycles. The van der Waals surface area contributed by atoms with Crippen LogP contribution in [0, 0.1) is 10.5 Å². The number of aliphatic hydroxyl groups excluding tert-OH is 1. The zero-order chi connectivity index (χ0) is 11.2. The van der Waals surface area contributed by atoms with Crippen LogP contribution in [0.5, 0.6) is 5.75 Å². The van der Waals surface area contributed by atoms with E-state index in [0.717, 1.165) is 14.7 Å². The lowest BCUT2D eigenvalue weighted by molar-refractivity contribution is 0.0703. The van der Waals surface area contributed by atoms with E-state index in [2.05, 4.69) is 22.6 Å². The molecule has 1 aliphatic rings. The minimum Gasteiger partial charge on any atom is -0.506 e. The van der Waals surface area contributed by atoms with Gasteiger partial charge in [0.15, 0.2) is 5.76 Å². The molecule has 1 aliphatic heterocycles. The molecular formula is C10H11IN2O2. The van der Waals surface area contributed by atoms with Gasteiger partial charge in [-0.1, -0.05) is 0 Å². The molecule has 1 aromatic rings. The van der Waals surface area contributed by atoms with Crippen LogP contribution in [-0.2, 0) is 0 Å². The van der Waals surface area contributed by atoms with E-state index in [9.17, 15) is 5.11 Å². The van der Waals surface area contributed by atoms with Crippen molar-refractivity contribution >= 4 is 28.7 Å². The molecule has 5 N–H and O–H groups in total. The highest BCUT2D eigenvalue weighted by atomic mass is 127. The Balaban J connectivity index is 2.63. The van der Waals surface area contributed by atoms with Crippen LogP contribution in [0.25, 0.3) is 6.08 Å². The summed E-state index contributed by atoms with van der Waals surface area (Å²) >= 11 is 2.22. The number of halogens is 1. The van der Waals surface area contributed by atoms with Crippen molar-refractivity contribution in [1.82, 2.24) is 0 Å². The highest BCUT2D eigenvalue weighted by Crippen LogP contribution is 2.34. The van der Waals surface area contributed by atoms with Gasteiger partial charge in [-0.25, -0.2) is 0 Å². The van der Waals surface area contributed by atoms with Gasteiger partial charge < -0.3 is 9.84 Å². The van der Waals surface area contributed by atoms with Crippen molar-refractivity contribution in [3.63, 3.8) is 0 Å². The molecule has 4 nitrogen and oxygen atoms in total. The van der Waals surface area contributed by atoms with E-state index >= 15 is 0 Å². The molecular weight excluding hydrogens is 307 g/mol. The molecule has 1 heterocycles. The van der Waals surface area contributed by atoms with Gasteiger partial charge in [-0.15, -0.1) is 0 Å². The van der Waals surface area contributed by atoms with Gasteiger partial charge in [-0.2, -0.15) is 0 Å². The predicted octanol–water partition coefficient (Wildman–Crippen LogP) is 1.46. The Morgan fingerprint density at radius 1 is 1.40 bits per heavy atom. The number of fused-ring (bicyclic) bond motifs is 1. The highest BCUT2D eigenvalue weighted by Gasteiger charge is 2.32. The third-order valence-electron chi connectivity index (χ3n) is 2.37. The Morgan fingerprint density at radius 2 is 2.07 bits per heavy atom. The monoisotopic (exact) mass is 318 g/mol. The van der Waals surface area contributed by atoms with E-state index in [1.54, 1.807) is 12.1 Å². The molecule has 0 bridgehead atoms. The van der Waals surface area contributed by atoms with Crippen molar-refractivity contribution in [1.29, 1.82) is 0 Å². The third kappa shape index (κ3) is 1.70. The maximum Gasteiger partial charge on any atom is 0.271 e. The second-order valence-electron chi connectivity index (χ2n) is 3.51. The highest BCUT2D eigenvalue weighted by molar-refractivity contribution is 14.1. The number of hydrogen-bond donors (Lipinski definition) is 3. The molecule has 1 aromatic carbocycles. The first-order chi connectivity index (χ1) is 6.92. The summed E-state index contributed by atoms with van der Waals surface area (Å²) in [6.07, 6.45) is 1.55. The molecule has 0 aliphatic carbocycles. The summed E-state index contributed by atoms with van der Waals surface area (Å²) in [4.78, 5) is 0. The number of aliphatic hydroxyl groups is 1. The summed E-state index contributed by atoms with van der Waals surface area (Å²) in [5.74, 6) is -1.19. The van der Waals surface area contributed by atoms with Crippen LogP contribution < -0.4 is 16.2 Å². The van der Waals surface area contributed by atoms with Crippen LogP contribution in [-0.4, -0.2) is 11.0 Å². The second-order valence-corrected chi connectivity index (χ2v) is 4.67. The first kappa shape index (κ1) is 10.7. The topological polar surface area (TPSA) is 81.5 Å². The second kappa shape index (κ2) is 3.36. The van der Waals surface area contributed by atoms with Gasteiger partial charge in [0.05, 0.1) is 0 Å². The molecule has 0 unspecified atom stereocenters. The summed E-state index contributed by atoms with van der Waals surface area (Å²) < 4.78 is 6.40. The van der Waals surface area contributed by atoms with E-state index in [4.69, 9.17) is 16.2 Å². The van der Waals surface area contributed by atoms with Gasteiger partial charge in [-0.3, -0.25) is 11.5 Å². The lowest BCUT2D eigenvalue weighted by Gasteiger charge is -2.30. The number of ether oxygens (including phenoxy) is 1. The number of nitrogens with two attached hydrogens (primary N) is 2. The molecule has 0 amide bonds. The van der Waals surface area contributed by atoms with E-state index in [1.165, 1.54) is 0 Å². The molecule has 0 atom stereocenters. The zero-order valence-electron chi connectivity index (χ0n) is 8.12. The standard InChI is InChI=1S/C10H11IN2O2/c1-5-6-4-9(14)10(12,13)15-8(6)3-2-7(5)11/h2-4,14H,12-13H2,1H3. The van der Waals surface area contributed by atoms with Crippen molar-refractivity contribution in [2.24, 2.45) is 11.5 Å². The van der Waals surface area contributed by atoms with Crippen LogP contribution >= 0.6 is 22.6 Å². The molecule has 80 valence electrons. The quantitative estimate of drug-likeness (QED) is 0.500. The fourth-order valence-electron chi connectivity index (χ4n) is 1.43. The predicted molar refractivity (Wildman–Crippen MR) is 66.2 cm³/mol. The van der Waals surface area contributed by atoms with Gasteiger partial charge in [0.2, 0.25) is 0 Å². The SMILES string of the molecule is Cc1c(I)ccc2c1C=C(O)C(N)(N)O2. The van der Waals surface area contributed by atoms with Crippen molar-refractivity contribution in [3.8, 4) is 5.75 Å². The Morgan fingerprint density at radius 3 is 2.73 bits per heavy atom. The van der Waals surface area contributed by atoms with Gasteiger partial charge in [0, 0.05) is 9.13 Å². The normalized spacial score (nSPS) is 17.7. The maximum absolute atomic E-state index is 9.58. The van der Waals surface area contributed by atoms with Crippen molar-refractivity contribution < 1.29 is 9.84 Å². The number of benzene rings is 1. The van der Waals surface area contributed by atoms with Gasteiger partial charge >= 0.3 is 0 Å². The molecule has 15 heavy (non-hydrogen) atoms. The zero-order valence-corrected chi connectivity index (χ0v) is 10.3. The Hall–Kier alpha value is -0.790. The molecule has 0 saturated carbocycles. The molecule has 0 spiro atoms. The van der Waals surface area contributed by atoms with E-state index in [1.807, 2.05) is 13.0 Å². The van der Waals surface area contributed by atoms with Crippen LogP contribution in [0.3, 0.4) is 0 Å². The third-order valence-corrected chi connectivity index (χ3v) is 3.54. The summed E-state index contributed by atoms with van der Waals surface area (Å²) in [6.45, 7) is 1.95. The van der Waals surface area contributed by atoms with Crippen LogP contribution in [0.4, 0.5) is 0 Å². The van der Waals surface area contributed by atoms with Crippen LogP contribution in [0.1, 0.15) is 11.1 Å². The van der Waals surface area contributed by atoms with E-state index in [0.29, 0.717) is 5.75 Å². The molecule has 0 radical (unpaired) electrons. The van der Waals surface area contributed by atoms with Gasteiger partial charge in [0.25, 0.3) is 5.85 Å². The molecule has 2 rings (SSSR count). The van der Waals surface area contributed by atoms with Gasteiger partial charge in [0.1, 0.15) is 5.75 Å². The lowest BCUT2D eigenvalue weighted by Crippen LogP contribution is -2.57. The Bertz CT molecular complexity index is 455. The van der Waals surface area contributed by atoms with Crippen molar-refractivity contribution in [2.75, 3.05) is 0 Å². The molecule has 0 saturated heterocycles. The minimum atomic E-state index is -1.62. The first-order valence-corrected chi connectivity index (χ1v) is 5.46. The largest absolute Gasteiger partial charge is 0.506 e. The average Bonchev–Trinajstić information content (AvgIpc) is 2.15. The molecule has 0 fully saturated rings. The first-order valence-electron chi connectivity index (χ1n) is 4.39. The Labute approximate surface area is 101 Å². The summed E-state index contributed by atoms with van der Waals surface area (Å²) in [7, 11) is 0. The fourth-order valence-corrected chi connectivity index (χ4v) is 1.90. The average molecular weight is 318 g/mol. The van der Waals surface area contributed by atoms with E-state index < -0.39 is 5.85 Å². The van der Waals surface area contributed by atoms with E-state index in [-0.39, 0.29) is 5.76 Å². The lowest BCUT2D eigenvalue weighted by atomic mass is 10.0. The van der Waals surface area contributed by atoms with Crippen LogP contribution in [0.15, 0.2) is 17.9 Å². The number of rotatable bonds is 0. The number of hydrogen-bond acceptors (Lipinski definition) is 4. The summed E-state index contributed by atoms with van der Waals surface area (Å²) in [5.41, 5.74) is 13.0. The Kier molecular flexibility index (Phi) is 2.40. The minimum absolute atomic E-state index is 0.167.